The van der Waals surface area contributed by atoms with E-state index in [0.29, 0.717) is 6.54 Å². The van der Waals surface area contributed by atoms with Crippen molar-refractivity contribution in [2.75, 3.05) is 20.2 Å². The number of nitrogens with zero attached hydrogens (tertiary/aromatic N) is 1. The lowest BCUT2D eigenvalue weighted by atomic mass is 10.2. The highest BCUT2D eigenvalue weighted by molar-refractivity contribution is 6.04. The van der Waals surface area contributed by atoms with Gasteiger partial charge in [0.1, 0.15) is 6.61 Å². The predicted octanol–water partition coefficient (Wildman–Crippen LogP) is 1.28. The molecule has 1 rings (SSSR count). The molecule has 0 spiro atoms. The summed E-state index contributed by atoms with van der Waals surface area (Å²) in [5.74, 6) is -1.90. The number of Topliss-reactive ketones (excluding diaryl/α,β-unsaturated/α-hetero) is 1. The van der Waals surface area contributed by atoms with Crippen LogP contribution in [0.5, 0.6) is 0 Å². The topological polar surface area (TPSA) is 102 Å². The van der Waals surface area contributed by atoms with Crippen LogP contribution in [0.3, 0.4) is 0 Å². The maximum absolute atomic E-state index is 12.1. The molecule has 1 unspecified atom stereocenters. The monoisotopic (exact) mass is 364 g/mol. The summed E-state index contributed by atoms with van der Waals surface area (Å²) in [6.45, 7) is 3.53. The van der Waals surface area contributed by atoms with Crippen molar-refractivity contribution in [3.8, 4) is 0 Å². The van der Waals surface area contributed by atoms with Crippen LogP contribution in [0.4, 0.5) is 4.79 Å². The van der Waals surface area contributed by atoms with Gasteiger partial charge in [-0.2, -0.15) is 0 Å². The van der Waals surface area contributed by atoms with Crippen LogP contribution < -0.4 is 5.32 Å². The average molecular weight is 364 g/mol. The van der Waals surface area contributed by atoms with Crippen LogP contribution in [0.2, 0.25) is 0 Å². The number of rotatable bonds is 9. The van der Waals surface area contributed by atoms with E-state index in [1.165, 1.54) is 11.8 Å². The molecule has 8 heteroatoms. The predicted molar refractivity (Wildman–Crippen MR) is 93.1 cm³/mol. The molecule has 1 aromatic carbocycles. The number of benzene rings is 1. The first kappa shape index (κ1) is 21.1. The summed E-state index contributed by atoms with van der Waals surface area (Å²) in [5, 5.41) is 2.30. The second-order valence-corrected chi connectivity index (χ2v) is 5.50. The first-order valence-corrected chi connectivity index (χ1v) is 8.22. The number of carbonyl (C=O) groups is 4. The van der Waals surface area contributed by atoms with Gasteiger partial charge in [-0.1, -0.05) is 30.3 Å². The third-order valence-corrected chi connectivity index (χ3v) is 3.60. The SMILES string of the molecule is CCN(CCC(=O)NC(C(C)=O)C(=O)OC)C(=O)OCc1ccccc1. The normalized spacial score (nSPS) is 11.2. The molecular weight excluding hydrogens is 340 g/mol. The molecule has 26 heavy (non-hydrogen) atoms. The largest absolute Gasteiger partial charge is 0.467 e. The number of esters is 1. The van der Waals surface area contributed by atoms with Crippen LogP contribution in [-0.2, 0) is 30.5 Å². The van der Waals surface area contributed by atoms with E-state index in [0.717, 1.165) is 12.7 Å². The number of hydrogen-bond acceptors (Lipinski definition) is 6. The summed E-state index contributed by atoms with van der Waals surface area (Å²) >= 11 is 0. The van der Waals surface area contributed by atoms with E-state index in [4.69, 9.17) is 4.74 Å². The van der Waals surface area contributed by atoms with Crippen LogP contribution in [0.25, 0.3) is 0 Å². The summed E-state index contributed by atoms with van der Waals surface area (Å²) in [4.78, 5) is 48.3. The standard InChI is InChI=1S/C18H24N2O6/c1-4-20(18(24)26-12-14-8-6-5-7-9-14)11-10-15(22)19-16(13(2)21)17(23)25-3/h5-9,16H,4,10-12H2,1-3H3,(H,19,22). The zero-order valence-corrected chi connectivity index (χ0v) is 15.2. The minimum atomic E-state index is -1.34. The molecule has 1 N–H and O–H groups in total. The molecule has 0 bridgehead atoms. The molecule has 0 aliphatic rings. The van der Waals surface area contributed by atoms with E-state index < -0.39 is 29.8 Å². The van der Waals surface area contributed by atoms with Gasteiger partial charge < -0.3 is 19.7 Å². The number of methoxy groups -OCH3 is 1. The Labute approximate surface area is 152 Å². The summed E-state index contributed by atoms with van der Waals surface area (Å²) in [5.41, 5.74) is 0.858. The first-order valence-electron chi connectivity index (χ1n) is 8.22. The van der Waals surface area contributed by atoms with E-state index in [2.05, 4.69) is 10.1 Å². The van der Waals surface area contributed by atoms with Crippen LogP contribution in [0.15, 0.2) is 30.3 Å². The zero-order chi connectivity index (χ0) is 19.5. The molecule has 8 nitrogen and oxygen atoms in total. The summed E-state index contributed by atoms with van der Waals surface area (Å²) < 4.78 is 9.69. The highest BCUT2D eigenvalue weighted by atomic mass is 16.6. The fourth-order valence-corrected chi connectivity index (χ4v) is 2.10. The Balaban J connectivity index is 2.48. The van der Waals surface area contributed by atoms with Crippen LogP contribution in [0.1, 0.15) is 25.8 Å². The lowest BCUT2D eigenvalue weighted by molar-refractivity contribution is -0.148. The molecular formula is C18H24N2O6. The van der Waals surface area contributed by atoms with Gasteiger partial charge in [0.2, 0.25) is 5.91 Å². The van der Waals surface area contributed by atoms with Gasteiger partial charge in [0.05, 0.1) is 7.11 Å². The Morgan fingerprint density at radius 3 is 2.35 bits per heavy atom. The van der Waals surface area contributed by atoms with Gasteiger partial charge in [-0.3, -0.25) is 9.59 Å². The van der Waals surface area contributed by atoms with Crippen LogP contribution in [-0.4, -0.2) is 54.9 Å². The quantitative estimate of drug-likeness (QED) is 0.523. The van der Waals surface area contributed by atoms with Crippen LogP contribution in [0, 0.1) is 0 Å². The molecule has 142 valence electrons. The molecule has 0 aliphatic heterocycles. The molecule has 0 saturated carbocycles. The van der Waals surface area contributed by atoms with E-state index >= 15 is 0 Å². The third-order valence-electron chi connectivity index (χ3n) is 3.60. The minimum Gasteiger partial charge on any atom is -0.467 e. The number of ether oxygens (including phenoxy) is 2. The molecule has 1 atom stereocenters. The molecule has 2 amide bonds. The number of hydrogen-bond donors (Lipinski definition) is 1. The smallest absolute Gasteiger partial charge is 0.410 e. The van der Waals surface area contributed by atoms with Gasteiger partial charge in [0.25, 0.3) is 0 Å². The summed E-state index contributed by atoms with van der Waals surface area (Å²) in [6.07, 6.45) is -0.616. The number of carbonyl (C=O) groups excluding carboxylic acids is 4. The molecule has 0 saturated heterocycles. The number of amides is 2. The molecule has 0 heterocycles. The fraction of sp³-hybridized carbons (Fsp3) is 0.444. The zero-order valence-electron chi connectivity index (χ0n) is 15.2. The summed E-state index contributed by atoms with van der Waals surface area (Å²) in [6, 6.07) is 7.89. The van der Waals surface area contributed by atoms with Gasteiger partial charge in [0.15, 0.2) is 11.8 Å². The Kier molecular flexibility index (Phi) is 8.83. The minimum absolute atomic E-state index is 0.0744. The van der Waals surface area contributed by atoms with Crippen molar-refractivity contribution in [3.63, 3.8) is 0 Å². The second kappa shape index (κ2) is 10.9. The van der Waals surface area contributed by atoms with Crippen molar-refractivity contribution < 1.29 is 28.7 Å². The maximum atomic E-state index is 12.1. The Hall–Kier alpha value is -2.90. The Bertz CT molecular complexity index is 632. The van der Waals surface area contributed by atoms with Crippen molar-refractivity contribution in [1.82, 2.24) is 10.2 Å². The van der Waals surface area contributed by atoms with Crippen molar-refractivity contribution in [3.05, 3.63) is 35.9 Å². The van der Waals surface area contributed by atoms with Crippen molar-refractivity contribution in [2.45, 2.75) is 32.9 Å². The highest BCUT2D eigenvalue weighted by Crippen LogP contribution is 2.04. The van der Waals surface area contributed by atoms with Gasteiger partial charge in [-0.25, -0.2) is 9.59 Å². The maximum Gasteiger partial charge on any atom is 0.410 e. The number of ketones is 1. The molecule has 0 aliphatic carbocycles. The van der Waals surface area contributed by atoms with E-state index in [1.54, 1.807) is 6.92 Å². The fourth-order valence-electron chi connectivity index (χ4n) is 2.10. The van der Waals surface area contributed by atoms with E-state index in [1.807, 2.05) is 30.3 Å². The lowest BCUT2D eigenvalue weighted by Crippen LogP contribution is -2.47. The third kappa shape index (κ3) is 6.92. The van der Waals surface area contributed by atoms with E-state index in [9.17, 15) is 19.2 Å². The summed E-state index contributed by atoms with van der Waals surface area (Å²) in [7, 11) is 1.13. The lowest BCUT2D eigenvalue weighted by Gasteiger charge is -2.20. The van der Waals surface area contributed by atoms with Gasteiger partial charge >= 0.3 is 12.1 Å². The first-order chi connectivity index (χ1) is 12.4. The Morgan fingerprint density at radius 1 is 1.15 bits per heavy atom. The van der Waals surface area contributed by atoms with Crippen molar-refractivity contribution in [1.29, 1.82) is 0 Å². The molecule has 1 aromatic rings. The highest BCUT2D eigenvalue weighted by Gasteiger charge is 2.26. The molecule has 0 aromatic heterocycles. The second-order valence-electron chi connectivity index (χ2n) is 5.50. The molecule has 0 radical (unpaired) electrons. The van der Waals surface area contributed by atoms with Crippen molar-refractivity contribution in [2.24, 2.45) is 0 Å². The van der Waals surface area contributed by atoms with Crippen molar-refractivity contribution >= 4 is 23.8 Å². The Morgan fingerprint density at radius 2 is 1.81 bits per heavy atom. The van der Waals surface area contributed by atoms with Gasteiger partial charge in [-0.05, 0) is 19.4 Å². The van der Waals surface area contributed by atoms with E-state index in [-0.39, 0.29) is 19.6 Å². The van der Waals surface area contributed by atoms with Gasteiger partial charge in [-0.15, -0.1) is 0 Å². The molecule has 0 fully saturated rings. The number of nitrogens with one attached hydrogen (secondary N) is 1. The average Bonchev–Trinajstić information content (AvgIpc) is 2.64. The van der Waals surface area contributed by atoms with Gasteiger partial charge in [0, 0.05) is 19.5 Å². The van der Waals surface area contributed by atoms with Crippen LogP contribution >= 0.6 is 0 Å².